The maximum Gasteiger partial charge on any atom is 0.234 e. The van der Waals surface area contributed by atoms with Crippen LogP contribution in [0.3, 0.4) is 0 Å². The summed E-state index contributed by atoms with van der Waals surface area (Å²) in [6, 6.07) is 16.0. The second kappa shape index (κ2) is 8.31. The van der Waals surface area contributed by atoms with Crippen LogP contribution in [0.1, 0.15) is 24.0 Å². The van der Waals surface area contributed by atoms with Gasteiger partial charge in [-0.05, 0) is 55.5 Å². The fourth-order valence-corrected chi connectivity index (χ4v) is 4.59. The minimum absolute atomic E-state index is 0.129. The first-order chi connectivity index (χ1) is 13.6. The number of aryl methyl sites for hydroxylation is 1. The molecule has 2 aromatic carbocycles. The number of piperidine rings is 1. The van der Waals surface area contributed by atoms with Crippen LogP contribution in [0.15, 0.2) is 48.5 Å². The molecule has 1 amide bonds. The van der Waals surface area contributed by atoms with Gasteiger partial charge in [-0.2, -0.15) is 0 Å². The van der Waals surface area contributed by atoms with Crippen LogP contribution < -0.4 is 10.2 Å². The van der Waals surface area contributed by atoms with Gasteiger partial charge in [0.2, 0.25) is 5.91 Å². The van der Waals surface area contributed by atoms with Gasteiger partial charge in [-0.1, -0.05) is 30.3 Å². The lowest BCUT2D eigenvalue weighted by Crippen LogP contribution is -2.59. The number of anilines is 1. The zero-order valence-electron chi connectivity index (χ0n) is 16.4. The van der Waals surface area contributed by atoms with Crippen LogP contribution in [0.5, 0.6) is 0 Å². The van der Waals surface area contributed by atoms with E-state index in [1.165, 1.54) is 11.6 Å². The molecule has 0 radical (unpaired) electrons. The van der Waals surface area contributed by atoms with Crippen LogP contribution >= 0.6 is 0 Å². The Morgan fingerprint density at radius 2 is 1.86 bits per heavy atom. The van der Waals surface area contributed by atoms with Crippen molar-refractivity contribution < 1.29 is 9.18 Å². The van der Waals surface area contributed by atoms with E-state index >= 15 is 0 Å². The van der Waals surface area contributed by atoms with Gasteiger partial charge < -0.3 is 10.2 Å². The van der Waals surface area contributed by atoms with Crippen LogP contribution in [0.25, 0.3) is 0 Å². The molecule has 2 saturated heterocycles. The summed E-state index contributed by atoms with van der Waals surface area (Å²) in [5.41, 5.74) is 3.37. The third-order valence-corrected chi connectivity index (χ3v) is 5.97. The Bertz CT molecular complexity index is 818. The molecule has 2 heterocycles. The number of rotatable bonds is 4. The molecule has 2 aliphatic rings. The summed E-state index contributed by atoms with van der Waals surface area (Å²) < 4.78 is 13.4. The monoisotopic (exact) mass is 381 g/mol. The number of hydrogen-bond acceptors (Lipinski definition) is 3. The molecule has 4 rings (SSSR count). The molecule has 4 nitrogen and oxygen atoms in total. The molecule has 0 aromatic heterocycles. The molecule has 148 valence electrons. The zero-order chi connectivity index (χ0) is 19.5. The van der Waals surface area contributed by atoms with Gasteiger partial charge in [0.05, 0.1) is 6.54 Å². The summed E-state index contributed by atoms with van der Waals surface area (Å²) in [5.74, 6) is -0.0519. The van der Waals surface area contributed by atoms with Crippen molar-refractivity contribution in [1.82, 2.24) is 10.2 Å². The minimum Gasteiger partial charge on any atom is -0.371 e. The third kappa shape index (κ3) is 4.36. The Morgan fingerprint density at radius 1 is 1.11 bits per heavy atom. The minimum atomic E-state index is -0.181. The van der Waals surface area contributed by atoms with Crippen molar-refractivity contribution >= 4 is 11.6 Å². The van der Waals surface area contributed by atoms with Crippen molar-refractivity contribution in [2.75, 3.05) is 31.1 Å². The molecular formula is C23H28FN3O. The van der Waals surface area contributed by atoms with Crippen LogP contribution in [-0.4, -0.2) is 49.1 Å². The molecular weight excluding hydrogens is 353 g/mol. The van der Waals surface area contributed by atoms with Crippen LogP contribution in [0.4, 0.5) is 10.1 Å². The molecule has 28 heavy (non-hydrogen) atoms. The second-order valence-electron chi connectivity index (χ2n) is 8.03. The Hall–Kier alpha value is -2.40. The number of amides is 1. The van der Waals surface area contributed by atoms with Gasteiger partial charge in [0.1, 0.15) is 5.82 Å². The van der Waals surface area contributed by atoms with Crippen molar-refractivity contribution in [1.29, 1.82) is 0 Å². The van der Waals surface area contributed by atoms with Gasteiger partial charge in [-0.25, -0.2) is 4.39 Å². The SMILES string of the molecule is Cc1cc(F)ccc1N1CCC(N2CC(=O)N[C@@H](Cc3ccccc3)C2)CC1. The molecule has 0 unspecified atom stereocenters. The second-order valence-corrected chi connectivity index (χ2v) is 8.03. The molecule has 1 N–H and O–H groups in total. The van der Waals surface area contributed by atoms with E-state index in [1.54, 1.807) is 6.07 Å². The summed E-state index contributed by atoms with van der Waals surface area (Å²) >= 11 is 0. The van der Waals surface area contributed by atoms with E-state index in [1.807, 2.05) is 31.2 Å². The first-order valence-corrected chi connectivity index (χ1v) is 10.2. The molecule has 2 aromatic rings. The zero-order valence-corrected chi connectivity index (χ0v) is 16.4. The number of benzene rings is 2. The Labute approximate surface area is 166 Å². The molecule has 2 aliphatic heterocycles. The van der Waals surface area contributed by atoms with Crippen LogP contribution in [0, 0.1) is 12.7 Å². The van der Waals surface area contributed by atoms with Gasteiger partial charge in [0.25, 0.3) is 0 Å². The summed E-state index contributed by atoms with van der Waals surface area (Å²) in [6.07, 6.45) is 2.93. The van der Waals surface area contributed by atoms with E-state index in [2.05, 4.69) is 27.2 Å². The number of piperazine rings is 1. The maximum atomic E-state index is 13.4. The van der Waals surface area contributed by atoms with Crippen LogP contribution in [-0.2, 0) is 11.2 Å². The highest BCUT2D eigenvalue weighted by Crippen LogP contribution is 2.26. The van der Waals surface area contributed by atoms with Gasteiger partial charge >= 0.3 is 0 Å². The summed E-state index contributed by atoms with van der Waals surface area (Å²) in [6.45, 7) is 5.25. The molecule has 5 heteroatoms. The lowest BCUT2D eigenvalue weighted by atomic mass is 9.98. The Kier molecular flexibility index (Phi) is 5.62. The fraction of sp³-hybridized carbons (Fsp3) is 0.435. The molecule has 1 atom stereocenters. The van der Waals surface area contributed by atoms with E-state index in [-0.39, 0.29) is 17.8 Å². The highest BCUT2D eigenvalue weighted by molar-refractivity contribution is 5.79. The smallest absolute Gasteiger partial charge is 0.234 e. The van der Waals surface area contributed by atoms with Crippen molar-refractivity contribution in [2.24, 2.45) is 0 Å². The molecule has 2 fully saturated rings. The number of hydrogen-bond donors (Lipinski definition) is 1. The van der Waals surface area contributed by atoms with Gasteiger partial charge in [0, 0.05) is 37.4 Å². The molecule has 0 bridgehead atoms. The number of carbonyl (C=O) groups excluding carboxylic acids is 1. The van der Waals surface area contributed by atoms with Crippen molar-refractivity contribution in [3.05, 3.63) is 65.5 Å². The predicted molar refractivity (Wildman–Crippen MR) is 110 cm³/mol. The van der Waals surface area contributed by atoms with Gasteiger partial charge in [0.15, 0.2) is 0 Å². The topological polar surface area (TPSA) is 35.6 Å². The first-order valence-electron chi connectivity index (χ1n) is 10.2. The lowest BCUT2D eigenvalue weighted by Gasteiger charge is -2.43. The lowest BCUT2D eigenvalue weighted by molar-refractivity contribution is -0.126. The van der Waals surface area contributed by atoms with Crippen molar-refractivity contribution in [3.63, 3.8) is 0 Å². The van der Waals surface area contributed by atoms with Crippen LogP contribution in [0.2, 0.25) is 0 Å². The quantitative estimate of drug-likeness (QED) is 0.884. The fourth-order valence-electron chi connectivity index (χ4n) is 4.59. The Balaban J connectivity index is 1.36. The average molecular weight is 381 g/mol. The number of nitrogens with one attached hydrogen (secondary N) is 1. The molecule has 0 spiro atoms. The van der Waals surface area contributed by atoms with E-state index in [0.717, 1.165) is 50.1 Å². The van der Waals surface area contributed by atoms with E-state index in [9.17, 15) is 9.18 Å². The average Bonchev–Trinajstić information content (AvgIpc) is 2.68. The predicted octanol–water partition coefficient (Wildman–Crippen LogP) is 3.15. The number of carbonyl (C=O) groups is 1. The highest BCUT2D eigenvalue weighted by atomic mass is 19.1. The standard InChI is InChI=1S/C23H28FN3O/c1-17-13-19(24)7-8-22(17)26-11-9-21(10-12-26)27-15-20(25-23(28)16-27)14-18-5-3-2-4-6-18/h2-8,13,20-21H,9-12,14-16H2,1H3,(H,25,28)/t20-/m0/s1. The number of halogens is 1. The highest BCUT2D eigenvalue weighted by Gasteiger charge is 2.32. The summed E-state index contributed by atoms with van der Waals surface area (Å²) in [5, 5.41) is 3.15. The third-order valence-electron chi connectivity index (χ3n) is 5.97. The molecule has 0 saturated carbocycles. The number of nitrogens with zero attached hydrogens (tertiary/aromatic N) is 2. The largest absolute Gasteiger partial charge is 0.371 e. The molecule has 0 aliphatic carbocycles. The van der Waals surface area contributed by atoms with E-state index in [4.69, 9.17) is 0 Å². The maximum absolute atomic E-state index is 13.4. The normalized spacial score (nSPS) is 21.6. The van der Waals surface area contributed by atoms with E-state index < -0.39 is 0 Å². The summed E-state index contributed by atoms with van der Waals surface area (Å²) in [4.78, 5) is 17.0. The van der Waals surface area contributed by atoms with Crippen molar-refractivity contribution in [2.45, 2.75) is 38.3 Å². The van der Waals surface area contributed by atoms with Gasteiger partial charge in [-0.15, -0.1) is 0 Å². The summed E-state index contributed by atoms with van der Waals surface area (Å²) in [7, 11) is 0. The van der Waals surface area contributed by atoms with E-state index in [0.29, 0.717) is 12.6 Å². The Morgan fingerprint density at radius 3 is 2.57 bits per heavy atom. The van der Waals surface area contributed by atoms with Gasteiger partial charge in [-0.3, -0.25) is 9.69 Å². The van der Waals surface area contributed by atoms with Crippen molar-refractivity contribution in [3.8, 4) is 0 Å². The first kappa shape index (κ1) is 18.9.